The maximum atomic E-state index is 2.51. The first-order valence-corrected chi connectivity index (χ1v) is 7.28. The van der Waals surface area contributed by atoms with Crippen molar-refractivity contribution in [3.63, 3.8) is 0 Å². The normalized spacial score (nSPS) is 43.3. The highest BCUT2D eigenvalue weighted by Crippen LogP contribution is 2.46. The first kappa shape index (κ1) is 12.4. The van der Waals surface area contributed by atoms with Crippen molar-refractivity contribution in [3.05, 3.63) is 0 Å². The van der Waals surface area contributed by atoms with Gasteiger partial charge in [0.05, 0.1) is 25.7 Å². The molecule has 2 aliphatic heterocycles. The molecule has 0 amide bonds. The molecule has 0 aromatic rings. The molecule has 94 valence electrons. The molecule has 0 aromatic carbocycles. The maximum Gasteiger partial charge on any atom is 0.0893 e. The summed E-state index contributed by atoms with van der Waals surface area (Å²) in [6, 6.07) is 1.78. The molecule has 1 saturated carbocycles. The molecule has 1 nitrogen and oxygen atoms in total. The summed E-state index contributed by atoms with van der Waals surface area (Å²) >= 11 is 0. The van der Waals surface area contributed by atoms with E-state index in [-0.39, 0.29) is 0 Å². The molecule has 1 heteroatoms. The summed E-state index contributed by atoms with van der Waals surface area (Å²) in [6.07, 6.45) is 5.99. The van der Waals surface area contributed by atoms with Crippen molar-refractivity contribution < 1.29 is 4.48 Å². The Bertz CT molecular complexity index is 246. The van der Waals surface area contributed by atoms with Gasteiger partial charge >= 0.3 is 0 Å². The Balaban J connectivity index is 2.06. The summed E-state index contributed by atoms with van der Waals surface area (Å²) in [4.78, 5) is 0. The predicted octanol–water partition coefficient (Wildman–Crippen LogP) is 3.69. The van der Waals surface area contributed by atoms with Gasteiger partial charge in [0, 0.05) is 12.3 Å². The SMILES string of the molecule is CC(C)CC1C[C@@H]2CCC1C[N+]2(C)C(C)C. The second-order valence-electron chi connectivity index (χ2n) is 7.24. The second kappa shape index (κ2) is 4.33. The standard InChI is InChI=1S/C15H30N/c1-11(2)8-14-9-15-7-6-13(14)10-16(15,5)12(3)4/h11-15H,6-10H2,1-5H3/q+1/t13?,14?,15-,16?/m0/s1. The van der Waals surface area contributed by atoms with Crippen LogP contribution in [0.3, 0.4) is 0 Å². The average Bonchev–Trinajstić information content (AvgIpc) is 2.18. The minimum absolute atomic E-state index is 0.813. The Morgan fingerprint density at radius 2 is 1.81 bits per heavy atom. The molecule has 0 aromatic heterocycles. The Morgan fingerprint density at radius 3 is 2.25 bits per heavy atom. The number of piperidine rings is 2. The van der Waals surface area contributed by atoms with Gasteiger partial charge in [0.1, 0.15) is 0 Å². The van der Waals surface area contributed by atoms with E-state index in [9.17, 15) is 0 Å². The number of quaternary nitrogens is 1. The van der Waals surface area contributed by atoms with E-state index in [1.807, 2.05) is 0 Å². The summed E-state index contributed by atoms with van der Waals surface area (Å²) in [7, 11) is 2.51. The topological polar surface area (TPSA) is 0 Å². The van der Waals surface area contributed by atoms with Gasteiger partial charge in [0.2, 0.25) is 0 Å². The molecule has 4 atom stereocenters. The Hall–Kier alpha value is -0.0400. The molecule has 0 radical (unpaired) electrons. The zero-order valence-electron chi connectivity index (χ0n) is 11.9. The summed E-state index contributed by atoms with van der Waals surface area (Å²) in [6.45, 7) is 11.1. The molecule has 2 bridgehead atoms. The van der Waals surface area contributed by atoms with E-state index < -0.39 is 0 Å². The fraction of sp³-hybridized carbons (Fsp3) is 1.00. The van der Waals surface area contributed by atoms with Crippen LogP contribution in [0.2, 0.25) is 0 Å². The third-order valence-corrected chi connectivity index (χ3v) is 5.53. The van der Waals surface area contributed by atoms with Gasteiger partial charge in [-0.1, -0.05) is 13.8 Å². The fourth-order valence-electron chi connectivity index (χ4n) is 4.26. The van der Waals surface area contributed by atoms with Crippen molar-refractivity contribution in [2.24, 2.45) is 17.8 Å². The Labute approximate surface area is 102 Å². The van der Waals surface area contributed by atoms with Crippen LogP contribution in [0.15, 0.2) is 0 Å². The van der Waals surface area contributed by atoms with E-state index in [1.54, 1.807) is 0 Å². The number of nitrogens with zero attached hydrogens (tertiary/aromatic N) is 1. The summed E-state index contributed by atoms with van der Waals surface area (Å²) in [5.41, 5.74) is 0. The third-order valence-electron chi connectivity index (χ3n) is 5.53. The highest BCUT2D eigenvalue weighted by Gasteiger charge is 2.49. The molecule has 16 heavy (non-hydrogen) atoms. The molecule has 0 N–H and O–H groups in total. The van der Waals surface area contributed by atoms with Crippen molar-refractivity contribution in [2.45, 2.75) is 65.5 Å². The van der Waals surface area contributed by atoms with Crippen LogP contribution in [0.5, 0.6) is 0 Å². The summed E-state index contributed by atoms with van der Waals surface area (Å²) in [5, 5.41) is 0. The highest BCUT2D eigenvalue weighted by atomic mass is 15.4. The molecule has 3 aliphatic rings. The molecule has 1 aliphatic carbocycles. The van der Waals surface area contributed by atoms with Gasteiger partial charge in [-0.3, -0.25) is 0 Å². The Kier molecular flexibility index (Phi) is 3.36. The quantitative estimate of drug-likeness (QED) is 0.641. The smallest absolute Gasteiger partial charge is 0.0893 e. The zero-order valence-corrected chi connectivity index (χ0v) is 11.9. The van der Waals surface area contributed by atoms with Gasteiger partial charge < -0.3 is 4.48 Å². The highest BCUT2D eigenvalue weighted by molar-refractivity contribution is 4.87. The molecule has 2 heterocycles. The molecule has 3 fully saturated rings. The predicted molar refractivity (Wildman–Crippen MR) is 70.3 cm³/mol. The minimum Gasteiger partial charge on any atom is -0.321 e. The largest absolute Gasteiger partial charge is 0.321 e. The van der Waals surface area contributed by atoms with Crippen molar-refractivity contribution in [3.8, 4) is 0 Å². The van der Waals surface area contributed by atoms with Gasteiger partial charge in [-0.25, -0.2) is 0 Å². The summed E-state index contributed by atoms with van der Waals surface area (Å²) < 4.78 is 1.36. The van der Waals surface area contributed by atoms with Crippen LogP contribution in [0, 0.1) is 17.8 Å². The van der Waals surface area contributed by atoms with Crippen molar-refractivity contribution >= 4 is 0 Å². The maximum absolute atomic E-state index is 2.51. The van der Waals surface area contributed by atoms with Crippen LogP contribution >= 0.6 is 0 Å². The first-order chi connectivity index (χ1) is 7.43. The lowest BCUT2D eigenvalue weighted by atomic mass is 9.67. The number of hydrogen-bond acceptors (Lipinski definition) is 0. The van der Waals surface area contributed by atoms with Gasteiger partial charge in [-0.05, 0) is 44.9 Å². The van der Waals surface area contributed by atoms with Crippen LogP contribution in [-0.2, 0) is 0 Å². The van der Waals surface area contributed by atoms with Crippen molar-refractivity contribution in [1.29, 1.82) is 0 Å². The van der Waals surface area contributed by atoms with Crippen LogP contribution < -0.4 is 0 Å². The van der Waals surface area contributed by atoms with E-state index in [0.29, 0.717) is 0 Å². The van der Waals surface area contributed by atoms with Gasteiger partial charge in [-0.15, -0.1) is 0 Å². The molecule has 0 spiro atoms. The van der Waals surface area contributed by atoms with Crippen molar-refractivity contribution in [2.75, 3.05) is 13.6 Å². The molecule has 2 saturated heterocycles. The zero-order chi connectivity index (χ0) is 11.9. The van der Waals surface area contributed by atoms with Gasteiger partial charge in [-0.2, -0.15) is 0 Å². The van der Waals surface area contributed by atoms with Crippen LogP contribution in [0.1, 0.15) is 53.4 Å². The van der Waals surface area contributed by atoms with Crippen LogP contribution in [0.4, 0.5) is 0 Å². The molecule has 3 unspecified atom stereocenters. The number of hydrogen-bond donors (Lipinski definition) is 0. The average molecular weight is 224 g/mol. The van der Waals surface area contributed by atoms with E-state index in [4.69, 9.17) is 0 Å². The molecule has 3 rings (SSSR count). The monoisotopic (exact) mass is 224 g/mol. The number of fused-ring (bicyclic) bond motifs is 3. The van der Waals surface area contributed by atoms with Crippen LogP contribution in [0.25, 0.3) is 0 Å². The first-order valence-electron chi connectivity index (χ1n) is 7.28. The molecular weight excluding hydrogens is 194 g/mol. The van der Waals surface area contributed by atoms with E-state index in [1.165, 1.54) is 36.7 Å². The Morgan fingerprint density at radius 1 is 1.12 bits per heavy atom. The molecular formula is C15H30N+. The van der Waals surface area contributed by atoms with E-state index in [2.05, 4.69) is 34.7 Å². The van der Waals surface area contributed by atoms with Gasteiger partial charge in [0.25, 0.3) is 0 Å². The lowest BCUT2D eigenvalue weighted by Gasteiger charge is -2.57. The second-order valence-corrected chi connectivity index (χ2v) is 7.24. The fourth-order valence-corrected chi connectivity index (χ4v) is 4.26. The van der Waals surface area contributed by atoms with E-state index >= 15 is 0 Å². The lowest BCUT2D eigenvalue weighted by Crippen LogP contribution is -2.66. The minimum atomic E-state index is 0.813. The van der Waals surface area contributed by atoms with Crippen molar-refractivity contribution in [1.82, 2.24) is 0 Å². The van der Waals surface area contributed by atoms with Gasteiger partial charge in [0.15, 0.2) is 0 Å². The summed E-state index contributed by atoms with van der Waals surface area (Å²) in [5.74, 6) is 2.96. The third kappa shape index (κ3) is 2.03. The van der Waals surface area contributed by atoms with E-state index in [0.717, 1.165) is 29.8 Å². The van der Waals surface area contributed by atoms with Crippen LogP contribution in [-0.4, -0.2) is 30.2 Å². The lowest BCUT2D eigenvalue weighted by molar-refractivity contribution is -0.967. The number of rotatable bonds is 3.